The molecule has 1 amide bonds. The first-order valence-electron chi connectivity index (χ1n) is 12.6. The van der Waals surface area contributed by atoms with Crippen LogP contribution in [0.25, 0.3) is 0 Å². The topological polar surface area (TPSA) is 82.1 Å². The first kappa shape index (κ1) is 24.6. The van der Waals surface area contributed by atoms with Gasteiger partial charge in [0.15, 0.2) is 0 Å². The van der Waals surface area contributed by atoms with Gasteiger partial charge < -0.3 is 20.1 Å². The van der Waals surface area contributed by atoms with Crippen molar-refractivity contribution in [2.24, 2.45) is 11.3 Å². The first-order chi connectivity index (χ1) is 17.0. The van der Waals surface area contributed by atoms with E-state index in [2.05, 4.69) is 19.2 Å². The van der Waals surface area contributed by atoms with E-state index in [1.807, 2.05) is 29.2 Å². The van der Waals surface area contributed by atoms with Crippen LogP contribution in [-0.4, -0.2) is 54.7 Å². The van der Waals surface area contributed by atoms with Crippen molar-refractivity contribution in [3.8, 4) is 5.75 Å². The van der Waals surface area contributed by atoms with Gasteiger partial charge >= 0.3 is 5.97 Å². The summed E-state index contributed by atoms with van der Waals surface area (Å²) >= 11 is 0. The number of carbonyl (C=O) groups excluding carboxylic acids is 1. The summed E-state index contributed by atoms with van der Waals surface area (Å²) in [5.74, 6) is -0.674. The zero-order chi connectivity index (χ0) is 25.8. The van der Waals surface area contributed by atoms with E-state index in [0.717, 1.165) is 29.3 Å². The largest absolute Gasteiger partial charge is 0.492 e. The highest BCUT2D eigenvalue weighted by Crippen LogP contribution is 2.56. The third-order valence-corrected chi connectivity index (χ3v) is 8.17. The monoisotopic (exact) mass is 495 g/mol. The highest BCUT2D eigenvalue weighted by Gasteiger charge is 2.51. The summed E-state index contributed by atoms with van der Waals surface area (Å²) in [4.78, 5) is 26.8. The quantitative estimate of drug-likeness (QED) is 0.621. The van der Waals surface area contributed by atoms with Gasteiger partial charge in [0.1, 0.15) is 5.75 Å². The molecule has 7 nitrogen and oxygen atoms in total. The molecule has 0 saturated carbocycles. The summed E-state index contributed by atoms with van der Waals surface area (Å²) in [7, 11) is 0. The normalized spacial score (nSPS) is 22.7. The highest BCUT2D eigenvalue weighted by atomic mass is 19.2. The summed E-state index contributed by atoms with van der Waals surface area (Å²) in [5, 5.41) is 13.6. The minimum atomic E-state index is -0.925. The van der Waals surface area contributed by atoms with E-state index in [9.17, 15) is 14.7 Å². The summed E-state index contributed by atoms with van der Waals surface area (Å²) in [6.45, 7) is 10.6. The molecule has 1 saturated heterocycles. The van der Waals surface area contributed by atoms with E-state index in [1.54, 1.807) is 26.0 Å². The van der Waals surface area contributed by atoms with E-state index in [4.69, 9.17) is 4.74 Å². The van der Waals surface area contributed by atoms with Gasteiger partial charge in [0, 0.05) is 43.1 Å². The molecular weight excluding hydrogens is 461 g/mol. The lowest BCUT2D eigenvalue weighted by Gasteiger charge is -2.50. The number of rotatable bonds is 4. The lowest BCUT2D eigenvalue weighted by molar-refractivity contribution is -0.146. The smallest absolute Gasteiger partial charge is 0.309 e. The third-order valence-electron chi connectivity index (χ3n) is 8.17. The molecule has 0 bridgehead atoms. The number of hydrogen-bond donors (Lipinski definition) is 2. The number of carboxylic acid groups (broad SMARTS) is 1. The van der Waals surface area contributed by atoms with Gasteiger partial charge in [0.05, 0.1) is 29.3 Å². The Morgan fingerprint density at radius 2 is 1.92 bits per heavy atom. The molecule has 0 aliphatic carbocycles. The van der Waals surface area contributed by atoms with Crippen LogP contribution < -0.4 is 15.2 Å². The second-order valence-electron chi connectivity index (χ2n) is 11.4. The second-order valence-corrected chi connectivity index (χ2v) is 11.4. The number of ether oxygens (including phenoxy) is 1. The summed E-state index contributed by atoms with van der Waals surface area (Å²) in [5.41, 5.74) is 1.98. The summed E-state index contributed by atoms with van der Waals surface area (Å²) in [6.07, 6.45) is 0.350. The molecule has 5 rings (SSSR count). The van der Waals surface area contributed by atoms with Crippen LogP contribution in [-0.2, 0) is 16.6 Å². The molecule has 1 fully saturated rings. The molecule has 2 N–H and O–H groups in total. The number of nitrogens with one attached hydrogen (secondary N) is 1. The Balaban J connectivity index is 1.53. The molecule has 3 aliphatic heterocycles. The molecule has 3 heterocycles. The average molecular weight is 496 g/mol. The molecule has 3 aliphatic rings. The van der Waals surface area contributed by atoms with Crippen LogP contribution in [0.3, 0.4) is 0 Å². The van der Waals surface area contributed by atoms with Gasteiger partial charge in [-0.05, 0) is 43.5 Å². The molecule has 0 spiro atoms. The number of piperazine rings is 1. The predicted molar refractivity (Wildman–Crippen MR) is 135 cm³/mol. The van der Waals surface area contributed by atoms with Crippen molar-refractivity contribution in [2.45, 2.75) is 45.6 Å². The Morgan fingerprint density at radius 3 is 2.61 bits per heavy atom. The maximum absolute atomic E-state index is 16.2. The van der Waals surface area contributed by atoms with Crippen LogP contribution >= 0.6 is 0 Å². The van der Waals surface area contributed by atoms with Crippen molar-refractivity contribution in [1.82, 2.24) is 10.2 Å². The second kappa shape index (κ2) is 8.76. The van der Waals surface area contributed by atoms with E-state index in [0.29, 0.717) is 42.1 Å². The standard InChI is InChI=1S/C28H34FN3O4/c1-27(2,26(34)35)15-17-8-9-22-20(14-17)28(3,4)21-16-36-24-18(23(21)32(22)29)6-5-7-19(24)25(33)31-12-10-30-11-13-31/h5-9,14,21,23,30H,10-13,15-16H2,1-4H3,(H,34,35)/t21-,23+/m0/s1. The molecule has 8 heteroatoms. The Morgan fingerprint density at radius 1 is 1.19 bits per heavy atom. The third kappa shape index (κ3) is 3.92. The Labute approximate surface area is 211 Å². The minimum Gasteiger partial charge on any atom is -0.492 e. The Hall–Kier alpha value is -3.13. The van der Waals surface area contributed by atoms with Gasteiger partial charge in [-0.3, -0.25) is 9.59 Å². The summed E-state index contributed by atoms with van der Waals surface area (Å²) < 4.78 is 22.4. The minimum absolute atomic E-state index is 0.0848. The van der Waals surface area contributed by atoms with Crippen molar-refractivity contribution in [1.29, 1.82) is 0 Å². The number of anilines is 1. The number of halogens is 1. The highest BCUT2D eigenvalue weighted by molar-refractivity contribution is 5.97. The van der Waals surface area contributed by atoms with Gasteiger partial charge in [0.2, 0.25) is 0 Å². The molecule has 192 valence electrons. The molecule has 2 aromatic rings. The predicted octanol–water partition coefficient (Wildman–Crippen LogP) is 4.12. The zero-order valence-electron chi connectivity index (χ0n) is 21.3. The first-order valence-corrected chi connectivity index (χ1v) is 12.6. The maximum Gasteiger partial charge on any atom is 0.309 e. The molecular formula is C28H34FN3O4. The van der Waals surface area contributed by atoms with Gasteiger partial charge in [-0.2, -0.15) is 0 Å². The van der Waals surface area contributed by atoms with Crippen molar-refractivity contribution in [3.05, 3.63) is 58.7 Å². The molecule has 2 aromatic carbocycles. The number of carboxylic acids is 1. The van der Waals surface area contributed by atoms with Crippen LogP contribution in [0.5, 0.6) is 5.75 Å². The summed E-state index contributed by atoms with van der Waals surface area (Å²) in [6, 6.07) is 10.4. The fourth-order valence-corrected chi connectivity index (χ4v) is 5.85. The molecule has 0 aromatic heterocycles. The van der Waals surface area contributed by atoms with Crippen LogP contribution in [0.15, 0.2) is 36.4 Å². The van der Waals surface area contributed by atoms with E-state index < -0.39 is 22.8 Å². The SMILES string of the molecule is CC(C)(Cc1ccc2c(c1)C(C)(C)[C@H]1COc3c(C(=O)N4CCNCC4)cccc3[C@H]1N2F)C(=O)O. The van der Waals surface area contributed by atoms with Crippen LogP contribution in [0.2, 0.25) is 0 Å². The Bertz CT molecular complexity index is 1210. The Kier molecular flexibility index (Phi) is 5.98. The number of hydrogen-bond acceptors (Lipinski definition) is 5. The zero-order valence-corrected chi connectivity index (χ0v) is 21.3. The average Bonchev–Trinajstić information content (AvgIpc) is 2.86. The lowest BCUT2D eigenvalue weighted by Crippen LogP contribution is -2.50. The van der Waals surface area contributed by atoms with E-state index in [-0.39, 0.29) is 18.4 Å². The number of carbonyl (C=O) groups is 2. The maximum atomic E-state index is 16.2. The van der Waals surface area contributed by atoms with Crippen molar-refractivity contribution < 1.29 is 23.9 Å². The number of aliphatic carboxylic acids is 1. The van der Waals surface area contributed by atoms with E-state index >= 15 is 4.48 Å². The van der Waals surface area contributed by atoms with Gasteiger partial charge in [-0.15, -0.1) is 0 Å². The molecule has 0 unspecified atom stereocenters. The molecule has 2 atom stereocenters. The van der Waals surface area contributed by atoms with Crippen LogP contribution in [0.4, 0.5) is 10.2 Å². The molecule has 36 heavy (non-hydrogen) atoms. The fourth-order valence-electron chi connectivity index (χ4n) is 5.85. The lowest BCUT2D eigenvalue weighted by atomic mass is 9.64. The van der Waals surface area contributed by atoms with Crippen molar-refractivity contribution in [2.75, 3.05) is 37.9 Å². The number of para-hydroxylation sites is 1. The van der Waals surface area contributed by atoms with E-state index in [1.165, 1.54) is 0 Å². The molecule has 0 radical (unpaired) electrons. The number of fused-ring (bicyclic) bond motifs is 4. The van der Waals surface area contributed by atoms with Crippen LogP contribution in [0.1, 0.15) is 60.8 Å². The van der Waals surface area contributed by atoms with Crippen molar-refractivity contribution in [3.63, 3.8) is 0 Å². The number of amides is 1. The number of nitrogens with zero attached hydrogens (tertiary/aromatic N) is 2. The van der Waals surface area contributed by atoms with Gasteiger partial charge in [-0.1, -0.05) is 42.6 Å². The van der Waals surface area contributed by atoms with Crippen molar-refractivity contribution >= 4 is 17.6 Å². The fraction of sp³-hybridized carbons (Fsp3) is 0.500. The number of benzene rings is 2. The van der Waals surface area contributed by atoms with Gasteiger partial charge in [0.25, 0.3) is 5.91 Å². The van der Waals surface area contributed by atoms with Gasteiger partial charge in [-0.25, -0.2) is 5.12 Å². The van der Waals surface area contributed by atoms with Crippen LogP contribution in [0, 0.1) is 11.3 Å².